The average Bonchev–Trinajstić information content (AvgIpc) is 2.79. The number of hydrogen-bond acceptors (Lipinski definition) is 3. The number of nitrogens with zero attached hydrogens (tertiary/aromatic N) is 3. The molecular formula is C13H17F2N3. The maximum Gasteiger partial charge on any atom is 0.258 e. The number of anilines is 1. The second-order valence-corrected chi connectivity index (χ2v) is 6.53. The van der Waals surface area contributed by atoms with Crippen molar-refractivity contribution in [2.75, 3.05) is 18.0 Å². The smallest absolute Gasteiger partial charge is 0.258 e. The normalized spacial score (nSPS) is 23.9. The van der Waals surface area contributed by atoms with Gasteiger partial charge < -0.3 is 4.90 Å². The first-order chi connectivity index (χ1) is 8.24. The van der Waals surface area contributed by atoms with Crippen LogP contribution in [0.1, 0.15) is 32.9 Å². The predicted octanol–water partition coefficient (Wildman–Crippen LogP) is 2.62. The molecule has 1 aliphatic heterocycles. The Kier molecular flexibility index (Phi) is 2.09. The van der Waals surface area contributed by atoms with Gasteiger partial charge in [-0.25, -0.2) is 13.8 Å². The minimum Gasteiger partial charge on any atom is -0.354 e. The first-order valence-corrected chi connectivity index (χ1v) is 6.19. The largest absolute Gasteiger partial charge is 0.354 e. The van der Waals surface area contributed by atoms with Crippen LogP contribution >= 0.6 is 0 Å². The lowest BCUT2D eigenvalue weighted by atomic mass is 9.92. The van der Waals surface area contributed by atoms with Crippen LogP contribution < -0.4 is 4.90 Å². The van der Waals surface area contributed by atoms with Crippen molar-refractivity contribution in [2.24, 2.45) is 5.41 Å². The molecule has 98 valence electrons. The van der Waals surface area contributed by atoms with E-state index in [2.05, 4.69) is 30.7 Å². The Bertz CT molecular complexity index is 487. The van der Waals surface area contributed by atoms with Crippen LogP contribution in [0.25, 0.3) is 0 Å². The lowest BCUT2D eigenvalue weighted by Crippen LogP contribution is -2.52. The lowest BCUT2D eigenvalue weighted by molar-refractivity contribution is 0.0518. The second kappa shape index (κ2) is 3.19. The third-order valence-electron chi connectivity index (χ3n) is 3.91. The summed E-state index contributed by atoms with van der Waals surface area (Å²) < 4.78 is 26.3. The second-order valence-electron chi connectivity index (χ2n) is 6.53. The van der Waals surface area contributed by atoms with Crippen molar-refractivity contribution in [3.8, 4) is 0 Å². The molecule has 3 rings (SSSR count). The highest BCUT2D eigenvalue weighted by atomic mass is 19.3. The van der Waals surface area contributed by atoms with Crippen molar-refractivity contribution >= 4 is 5.82 Å². The van der Waals surface area contributed by atoms with Crippen molar-refractivity contribution < 1.29 is 8.78 Å². The van der Waals surface area contributed by atoms with Crippen LogP contribution in [-0.2, 0) is 5.41 Å². The molecule has 0 bridgehead atoms. The Morgan fingerprint density at radius 3 is 2.33 bits per heavy atom. The van der Waals surface area contributed by atoms with Gasteiger partial charge in [0.1, 0.15) is 5.82 Å². The molecule has 0 radical (unpaired) electrons. The molecule has 0 amide bonds. The molecule has 1 aromatic heterocycles. The summed E-state index contributed by atoms with van der Waals surface area (Å²) >= 11 is 0. The third kappa shape index (κ3) is 1.60. The van der Waals surface area contributed by atoms with Gasteiger partial charge in [-0.2, -0.15) is 0 Å². The zero-order valence-corrected chi connectivity index (χ0v) is 10.9. The van der Waals surface area contributed by atoms with Gasteiger partial charge in [0.05, 0.1) is 17.3 Å². The third-order valence-corrected chi connectivity index (χ3v) is 3.91. The fourth-order valence-electron chi connectivity index (χ4n) is 2.44. The van der Waals surface area contributed by atoms with Crippen molar-refractivity contribution in [1.82, 2.24) is 9.97 Å². The molecule has 2 fully saturated rings. The molecule has 1 aromatic rings. The first-order valence-electron chi connectivity index (χ1n) is 6.19. The molecule has 0 atom stereocenters. The van der Waals surface area contributed by atoms with Gasteiger partial charge >= 0.3 is 0 Å². The van der Waals surface area contributed by atoms with Crippen LogP contribution in [0.2, 0.25) is 0 Å². The standard InChI is InChI=1S/C13H17F2N3/c1-11(2,3)9-4-16-5-10(17-9)18-7-12(8-18)6-13(12,14)15/h4-5H,6-8H2,1-3H3. The summed E-state index contributed by atoms with van der Waals surface area (Å²) in [6, 6.07) is 0. The van der Waals surface area contributed by atoms with Gasteiger partial charge in [-0.3, -0.25) is 4.98 Å². The van der Waals surface area contributed by atoms with Crippen LogP contribution in [0.3, 0.4) is 0 Å². The maximum atomic E-state index is 13.1. The summed E-state index contributed by atoms with van der Waals surface area (Å²) in [5.74, 6) is -1.74. The number of hydrogen-bond donors (Lipinski definition) is 0. The molecule has 1 saturated heterocycles. The topological polar surface area (TPSA) is 29.0 Å². The number of rotatable bonds is 1. The Morgan fingerprint density at radius 2 is 1.83 bits per heavy atom. The van der Waals surface area contributed by atoms with Crippen LogP contribution in [0.15, 0.2) is 12.4 Å². The molecule has 0 unspecified atom stereocenters. The Balaban J connectivity index is 1.76. The van der Waals surface area contributed by atoms with E-state index in [4.69, 9.17) is 0 Å². The van der Waals surface area contributed by atoms with Gasteiger partial charge in [-0.1, -0.05) is 20.8 Å². The summed E-state index contributed by atoms with van der Waals surface area (Å²) in [7, 11) is 0. The molecule has 2 heterocycles. The van der Waals surface area contributed by atoms with Crippen LogP contribution in [0.4, 0.5) is 14.6 Å². The van der Waals surface area contributed by atoms with Gasteiger partial charge in [-0.05, 0) is 0 Å². The molecule has 1 aliphatic carbocycles. The molecule has 0 N–H and O–H groups in total. The molecule has 1 saturated carbocycles. The molecular weight excluding hydrogens is 236 g/mol. The molecule has 3 nitrogen and oxygen atoms in total. The summed E-state index contributed by atoms with van der Waals surface area (Å²) in [5, 5.41) is 0. The molecule has 5 heteroatoms. The van der Waals surface area contributed by atoms with Gasteiger partial charge in [0, 0.05) is 31.1 Å². The Hall–Kier alpha value is -1.26. The Morgan fingerprint density at radius 1 is 1.22 bits per heavy atom. The van der Waals surface area contributed by atoms with Crippen molar-refractivity contribution in [2.45, 2.75) is 38.5 Å². The van der Waals surface area contributed by atoms with Crippen molar-refractivity contribution in [1.29, 1.82) is 0 Å². The first kappa shape index (κ1) is 11.8. The monoisotopic (exact) mass is 253 g/mol. The SMILES string of the molecule is CC(C)(C)c1cncc(N2CC3(C2)CC3(F)F)n1. The van der Waals surface area contributed by atoms with E-state index in [1.807, 2.05) is 4.90 Å². The summed E-state index contributed by atoms with van der Waals surface area (Å²) in [6.07, 6.45) is 3.43. The van der Waals surface area contributed by atoms with Gasteiger partial charge in [0.2, 0.25) is 0 Å². The van der Waals surface area contributed by atoms with Gasteiger partial charge in [0.15, 0.2) is 0 Å². The lowest BCUT2D eigenvalue weighted by Gasteiger charge is -2.40. The van der Waals surface area contributed by atoms with Gasteiger partial charge in [0.25, 0.3) is 5.92 Å². The van der Waals surface area contributed by atoms with E-state index in [1.54, 1.807) is 12.4 Å². The minimum atomic E-state index is -2.46. The number of halogens is 2. The zero-order chi connectivity index (χ0) is 13.2. The van der Waals surface area contributed by atoms with Crippen LogP contribution in [0, 0.1) is 5.41 Å². The van der Waals surface area contributed by atoms with E-state index in [9.17, 15) is 8.78 Å². The zero-order valence-electron chi connectivity index (χ0n) is 10.9. The number of aromatic nitrogens is 2. The van der Waals surface area contributed by atoms with E-state index in [-0.39, 0.29) is 11.8 Å². The minimum absolute atomic E-state index is 0.0306. The van der Waals surface area contributed by atoms with Crippen LogP contribution in [-0.4, -0.2) is 29.0 Å². The van der Waals surface area contributed by atoms with E-state index in [1.165, 1.54) is 0 Å². The quantitative estimate of drug-likeness (QED) is 0.770. The van der Waals surface area contributed by atoms with E-state index in [0.29, 0.717) is 13.1 Å². The molecule has 2 aliphatic rings. The van der Waals surface area contributed by atoms with Crippen LogP contribution in [0.5, 0.6) is 0 Å². The predicted molar refractivity (Wildman–Crippen MR) is 64.9 cm³/mol. The highest BCUT2D eigenvalue weighted by molar-refractivity contribution is 5.46. The molecule has 18 heavy (non-hydrogen) atoms. The maximum absolute atomic E-state index is 13.1. The van der Waals surface area contributed by atoms with E-state index in [0.717, 1.165) is 11.5 Å². The fourth-order valence-corrected chi connectivity index (χ4v) is 2.44. The summed E-state index contributed by atoms with van der Waals surface area (Å²) in [6.45, 7) is 7.00. The molecule has 1 spiro atoms. The number of alkyl halides is 2. The molecule has 0 aromatic carbocycles. The summed E-state index contributed by atoms with van der Waals surface area (Å²) in [4.78, 5) is 10.6. The summed E-state index contributed by atoms with van der Waals surface area (Å²) in [5.41, 5.74) is 0.0603. The van der Waals surface area contributed by atoms with Gasteiger partial charge in [-0.15, -0.1) is 0 Å². The van der Waals surface area contributed by atoms with Crippen molar-refractivity contribution in [3.05, 3.63) is 18.1 Å². The highest BCUT2D eigenvalue weighted by Gasteiger charge is 2.76. The Labute approximate surface area is 105 Å². The fraction of sp³-hybridized carbons (Fsp3) is 0.692. The van der Waals surface area contributed by atoms with E-state index < -0.39 is 11.3 Å². The average molecular weight is 253 g/mol. The van der Waals surface area contributed by atoms with E-state index >= 15 is 0 Å². The highest BCUT2D eigenvalue weighted by Crippen LogP contribution is 2.65. The van der Waals surface area contributed by atoms with Crippen molar-refractivity contribution in [3.63, 3.8) is 0 Å².